The average Bonchev–Trinajstić information content (AvgIpc) is 2.51. The fourth-order valence-corrected chi connectivity index (χ4v) is 2.77. The second-order valence-corrected chi connectivity index (χ2v) is 5.71. The highest BCUT2D eigenvalue weighted by Gasteiger charge is 2.12. The molecular formula is C16H10BrClN2O. The normalized spacial score (nSPS) is 10.6. The maximum absolute atomic E-state index is 12.3. The Kier molecular flexibility index (Phi) is 3.90. The number of hydrogen-bond donors (Lipinski definition) is 1. The van der Waals surface area contributed by atoms with Gasteiger partial charge in [-0.3, -0.25) is 9.78 Å². The Hall–Kier alpha value is -1.91. The summed E-state index contributed by atoms with van der Waals surface area (Å²) >= 11 is 9.53. The summed E-state index contributed by atoms with van der Waals surface area (Å²) in [5.74, 6) is -0.277. The number of anilines is 1. The molecule has 0 aliphatic heterocycles. The van der Waals surface area contributed by atoms with E-state index < -0.39 is 0 Å². The molecule has 3 aromatic rings. The van der Waals surface area contributed by atoms with E-state index in [1.807, 2.05) is 36.4 Å². The smallest absolute Gasteiger partial charge is 0.258 e. The van der Waals surface area contributed by atoms with Gasteiger partial charge in [0.2, 0.25) is 0 Å². The van der Waals surface area contributed by atoms with Crippen LogP contribution in [0.5, 0.6) is 0 Å². The van der Waals surface area contributed by atoms with Gasteiger partial charge >= 0.3 is 0 Å². The third-order valence-corrected chi connectivity index (χ3v) is 4.15. The number of amides is 1. The van der Waals surface area contributed by atoms with Crippen molar-refractivity contribution >= 4 is 49.9 Å². The van der Waals surface area contributed by atoms with Crippen molar-refractivity contribution in [1.82, 2.24) is 4.98 Å². The van der Waals surface area contributed by atoms with Crippen molar-refractivity contribution in [3.63, 3.8) is 0 Å². The van der Waals surface area contributed by atoms with Crippen molar-refractivity contribution < 1.29 is 4.79 Å². The summed E-state index contributed by atoms with van der Waals surface area (Å²) in [6.45, 7) is 0. The zero-order chi connectivity index (χ0) is 14.8. The Balaban J connectivity index is 2.01. The van der Waals surface area contributed by atoms with E-state index in [1.165, 1.54) is 6.20 Å². The zero-order valence-corrected chi connectivity index (χ0v) is 13.1. The summed E-state index contributed by atoms with van der Waals surface area (Å²) < 4.78 is 0.982. The van der Waals surface area contributed by atoms with Crippen molar-refractivity contribution in [1.29, 1.82) is 0 Å². The summed E-state index contributed by atoms with van der Waals surface area (Å²) in [7, 11) is 0. The maximum atomic E-state index is 12.3. The SMILES string of the molecule is O=C(Nc1ccc(Br)c2ccccc12)c1cnccc1Cl. The van der Waals surface area contributed by atoms with Crippen LogP contribution in [-0.4, -0.2) is 10.9 Å². The minimum absolute atomic E-state index is 0.277. The molecule has 0 atom stereocenters. The van der Waals surface area contributed by atoms with Crippen LogP contribution in [0.1, 0.15) is 10.4 Å². The predicted octanol–water partition coefficient (Wildman–Crippen LogP) is 4.90. The van der Waals surface area contributed by atoms with Gasteiger partial charge < -0.3 is 5.32 Å². The van der Waals surface area contributed by atoms with Gasteiger partial charge in [-0.2, -0.15) is 0 Å². The van der Waals surface area contributed by atoms with Crippen LogP contribution in [0.25, 0.3) is 10.8 Å². The molecule has 1 heterocycles. The first-order valence-electron chi connectivity index (χ1n) is 6.25. The van der Waals surface area contributed by atoms with Crippen molar-refractivity contribution in [3.8, 4) is 0 Å². The Labute approximate surface area is 135 Å². The fraction of sp³-hybridized carbons (Fsp3) is 0. The number of fused-ring (bicyclic) bond motifs is 1. The first-order chi connectivity index (χ1) is 10.2. The van der Waals surface area contributed by atoms with Crippen LogP contribution in [0, 0.1) is 0 Å². The number of nitrogens with one attached hydrogen (secondary N) is 1. The second-order valence-electron chi connectivity index (χ2n) is 4.45. The monoisotopic (exact) mass is 360 g/mol. The number of nitrogens with zero attached hydrogens (tertiary/aromatic N) is 1. The van der Waals surface area contributed by atoms with Crippen molar-refractivity contribution in [2.24, 2.45) is 0 Å². The summed E-state index contributed by atoms with van der Waals surface area (Å²) in [5.41, 5.74) is 1.09. The third kappa shape index (κ3) is 2.77. The number of hydrogen-bond acceptors (Lipinski definition) is 2. The van der Waals surface area contributed by atoms with Crippen LogP contribution in [0.3, 0.4) is 0 Å². The molecule has 3 rings (SSSR count). The lowest BCUT2D eigenvalue weighted by Crippen LogP contribution is -2.13. The Morgan fingerprint density at radius 3 is 2.62 bits per heavy atom. The largest absolute Gasteiger partial charge is 0.321 e. The van der Waals surface area contributed by atoms with Gasteiger partial charge in [-0.15, -0.1) is 0 Å². The molecule has 0 saturated heterocycles. The number of carbonyl (C=O) groups is 1. The number of pyridine rings is 1. The molecule has 0 spiro atoms. The second kappa shape index (κ2) is 5.84. The molecule has 1 aromatic heterocycles. The van der Waals surface area contributed by atoms with Crippen LogP contribution in [0.15, 0.2) is 59.3 Å². The lowest BCUT2D eigenvalue weighted by Gasteiger charge is -2.10. The predicted molar refractivity (Wildman–Crippen MR) is 88.8 cm³/mol. The van der Waals surface area contributed by atoms with Crippen LogP contribution < -0.4 is 5.32 Å². The van der Waals surface area contributed by atoms with E-state index in [9.17, 15) is 4.79 Å². The van der Waals surface area contributed by atoms with E-state index in [4.69, 9.17) is 11.6 Å². The molecule has 3 nitrogen and oxygen atoms in total. The fourth-order valence-electron chi connectivity index (χ4n) is 2.11. The summed E-state index contributed by atoms with van der Waals surface area (Å²) in [6, 6.07) is 13.2. The summed E-state index contributed by atoms with van der Waals surface area (Å²) in [4.78, 5) is 16.2. The summed E-state index contributed by atoms with van der Waals surface area (Å²) in [5, 5.41) is 5.26. The highest BCUT2D eigenvalue weighted by molar-refractivity contribution is 9.10. The number of benzene rings is 2. The topological polar surface area (TPSA) is 42.0 Å². The van der Waals surface area contributed by atoms with E-state index >= 15 is 0 Å². The first-order valence-corrected chi connectivity index (χ1v) is 7.42. The Morgan fingerprint density at radius 2 is 1.86 bits per heavy atom. The van der Waals surface area contributed by atoms with Crippen molar-refractivity contribution in [3.05, 3.63) is 69.9 Å². The van der Waals surface area contributed by atoms with Crippen LogP contribution in [-0.2, 0) is 0 Å². The van der Waals surface area contributed by atoms with E-state index in [0.29, 0.717) is 10.6 Å². The van der Waals surface area contributed by atoms with Gasteiger partial charge in [0, 0.05) is 27.9 Å². The molecule has 5 heteroatoms. The molecule has 21 heavy (non-hydrogen) atoms. The van der Waals surface area contributed by atoms with Crippen LogP contribution >= 0.6 is 27.5 Å². The molecule has 0 unspecified atom stereocenters. The van der Waals surface area contributed by atoms with E-state index in [1.54, 1.807) is 12.3 Å². The Morgan fingerprint density at radius 1 is 1.10 bits per heavy atom. The van der Waals surface area contributed by atoms with Crippen molar-refractivity contribution in [2.75, 3.05) is 5.32 Å². The third-order valence-electron chi connectivity index (χ3n) is 3.13. The maximum Gasteiger partial charge on any atom is 0.258 e. The van der Waals surface area contributed by atoms with E-state index in [-0.39, 0.29) is 5.91 Å². The molecule has 0 fully saturated rings. The number of carbonyl (C=O) groups excluding carboxylic acids is 1. The number of aromatic nitrogens is 1. The molecule has 1 N–H and O–H groups in total. The average molecular weight is 362 g/mol. The van der Waals surface area contributed by atoms with E-state index in [2.05, 4.69) is 26.2 Å². The highest BCUT2D eigenvalue weighted by Crippen LogP contribution is 2.30. The molecule has 0 bridgehead atoms. The summed E-state index contributed by atoms with van der Waals surface area (Å²) in [6.07, 6.45) is 3.01. The lowest BCUT2D eigenvalue weighted by atomic mass is 10.1. The van der Waals surface area contributed by atoms with Gasteiger partial charge in [0.25, 0.3) is 5.91 Å². The standard InChI is InChI=1S/C16H10BrClN2O/c17-13-5-6-15(11-4-2-1-3-10(11)13)20-16(21)12-9-19-8-7-14(12)18/h1-9H,(H,20,21). The number of halogens is 2. The molecule has 0 saturated carbocycles. The minimum Gasteiger partial charge on any atom is -0.321 e. The zero-order valence-electron chi connectivity index (χ0n) is 10.8. The molecule has 104 valence electrons. The van der Waals surface area contributed by atoms with Crippen LogP contribution in [0.2, 0.25) is 5.02 Å². The number of rotatable bonds is 2. The molecular weight excluding hydrogens is 352 g/mol. The lowest BCUT2D eigenvalue weighted by molar-refractivity contribution is 0.102. The molecule has 0 aliphatic rings. The molecule has 1 amide bonds. The minimum atomic E-state index is -0.277. The van der Waals surface area contributed by atoms with Crippen molar-refractivity contribution in [2.45, 2.75) is 0 Å². The van der Waals surface area contributed by atoms with Gasteiger partial charge in [-0.05, 0) is 23.6 Å². The van der Waals surface area contributed by atoms with Gasteiger partial charge in [0.15, 0.2) is 0 Å². The van der Waals surface area contributed by atoms with Gasteiger partial charge in [-0.25, -0.2) is 0 Å². The highest BCUT2D eigenvalue weighted by atomic mass is 79.9. The van der Waals surface area contributed by atoms with Gasteiger partial charge in [0.1, 0.15) is 0 Å². The molecule has 2 aromatic carbocycles. The first kappa shape index (κ1) is 14.0. The quantitative estimate of drug-likeness (QED) is 0.705. The van der Waals surface area contributed by atoms with E-state index in [0.717, 1.165) is 20.9 Å². The van der Waals surface area contributed by atoms with Gasteiger partial charge in [-0.1, -0.05) is 51.8 Å². The molecule has 0 aliphatic carbocycles. The van der Waals surface area contributed by atoms with Gasteiger partial charge in [0.05, 0.1) is 10.6 Å². The van der Waals surface area contributed by atoms with Crippen LogP contribution in [0.4, 0.5) is 5.69 Å². The Bertz CT molecular complexity index is 835. The molecule has 0 radical (unpaired) electrons.